The Bertz CT molecular complexity index is 1320. The van der Waals surface area contributed by atoms with Crippen molar-refractivity contribution in [2.24, 2.45) is 0 Å². The van der Waals surface area contributed by atoms with Gasteiger partial charge in [0.2, 0.25) is 5.91 Å². The summed E-state index contributed by atoms with van der Waals surface area (Å²) in [6.07, 6.45) is 1.77. The van der Waals surface area contributed by atoms with Crippen LogP contribution in [0.5, 0.6) is 5.75 Å². The Labute approximate surface area is 227 Å². The van der Waals surface area contributed by atoms with Gasteiger partial charge in [-0.05, 0) is 35.7 Å². The highest BCUT2D eigenvalue weighted by molar-refractivity contribution is 9.10. The molecule has 2 aromatic carbocycles. The molecule has 7 nitrogen and oxygen atoms in total. The third-order valence-electron chi connectivity index (χ3n) is 5.24. The van der Waals surface area contributed by atoms with Gasteiger partial charge in [0.05, 0.1) is 11.4 Å². The number of halogens is 1. The number of nitrogens with zero attached hydrogens (tertiary/aromatic N) is 4. The number of allylic oxidation sites excluding steroid dienone is 1. The maximum absolute atomic E-state index is 12.6. The fraction of sp³-hybridized carbons (Fsp3) is 0.231. The minimum atomic E-state index is -0.159. The quantitative estimate of drug-likeness (QED) is 0.155. The molecule has 0 aliphatic carbocycles. The van der Waals surface area contributed by atoms with Crippen LogP contribution in [0.1, 0.15) is 31.2 Å². The number of carbonyl (C=O) groups excluding carboxylic acids is 1. The van der Waals surface area contributed by atoms with Crippen LogP contribution >= 0.6 is 39.0 Å². The highest BCUT2D eigenvalue weighted by atomic mass is 79.9. The molecule has 1 amide bonds. The van der Waals surface area contributed by atoms with E-state index in [2.05, 4.69) is 69.0 Å². The van der Waals surface area contributed by atoms with Crippen molar-refractivity contribution in [2.75, 3.05) is 11.1 Å². The average Bonchev–Trinajstić information content (AvgIpc) is 3.49. The van der Waals surface area contributed by atoms with E-state index in [-0.39, 0.29) is 18.3 Å². The normalized spacial score (nSPS) is 11.0. The van der Waals surface area contributed by atoms with Crippen LogP contribution in [0.4, 0.5) is 5.13 Å². The van der Waals surface area contributed by atoms with E-state index in [1.165, 1.54) is 28.7 Å². The van der Waals surface area contributed by atoms with Gasteiger partial charge >= 0.3 is 0 Å². The Morgan fingerprint density at radius 3 is 2.64 bits per heavy atom. The average molecular weight is 585 g/mol. The summed E-state index contributed by atoms with van der Waals surface area (Å²) < 4.78 is 8.83. The van der Waals surface area contributed by atoms with Crippen molar-refractivity contribution in [3.8, 4) is 17.0 Å². The first-order chi connectivity index (χ1) is 17.4. The predicted octanol–water partition coefficient (Wildman–Crippen LogP) is 6.78. The van der Waals surface area contributed by atoms with Gasteiger partial charge in [-0.2, -0.15) is 0 Å². The highest BCUT2D eigenvalue weighted by Gasteiger charge is 2.15. The van der Waals surface area contributed by atoms with Crippen LogP contribution in [0.3, 0.4) is 0 Å². The monoisotopic (exact) mass is 583 g/mol. The van der Waals surface area contributed by atoms with Crippen LogP contribution in [0, 0.1) is 0 Å². The number of anilines is 1. The molecular weight excluding hydrogens is 558 g/mol. The number of aromatic nitrogens is 4. The maximum atomic E-state index is 12.6. The summed E-state index contributed by atoms with van der Waals surface area (Å²) in [5.41, 5.74) is 3.08. The molecule has 10 heteroatoms. The number of thioether (sulfide) groups is 1. The number of hydrogen-bond acceptors (Lipinski definition) is 7. The Kier molecular flexibility index (Phi) is 8.95. The lowest BCUT2D eigenvalue weighted by Gasteiger charge is -2.10. The fourth-order valence-corrected chi connectivity index (χ4v) is 5.08. The molecule has 0 bridgehead atoms. The second-order valence-electron chi connectivity index (χ2n) is 8.19. The van der Waals surface area contributed by atoms with Gasteiger partial charge in [0.1, 0.15) is 12.4 Å². The largest absolute Gasteiger partial charge is 0.486 e. The van der Waals surface area contributed by atoms with Gasteiger partial charge in [-0.3, -0.25) is 9.36 Å². The molecule has 2 aromatic heterocycles. The standard InChI is InChI=1S/C26H26BrN5O2S2/c1-4-13-32-23(14-34-21-11-7-18(8-12-21)17(2)3)30-31-26(32)36-16-24(33)29-25-28-22(15-35-25)19-5-9-20(27)10-6-19/h4-12,15,17H,1,13-14,16H2,2-3H3,(H,28,29,33). The molecule has 36 heavy (non-hydrogen) atoms. The third kappa shape index (κ3) is 6.83. The first-order valence-electron chi connectivity index (χ1n) is 11.3. The number of rotatable bonds is 11. The number of benzene rings is 2. The zero-order valence-electron chi connectivity index (χ0n) is 20.0. The highest BCUT2D eigenvalue weighted by Crippen LogP contribution is 2.27. The molecule has 0 aliphatic rings. The summed E-state index contributed by atoms with van der Waals surface area (Å²) in [4.78, 5) is 17.1. The molecule has 4 aromatic rings. The van der Waals surface area contributed by atoms with Crippen molar-refractivity contribution in [2.45, 2.75) is 38.1 Å². The lowest BCUT2D eigenvalue weighted by molar-refractivity contribution is -0.113. The second kappa shape index (κ2) is 12.3. The minimum Gasteiger partial charge on any atom is -0.486 e. The van der Waals surface area contributed by atoms with E-state index in [0.717, 1.165) is 21.5 Å². The Morgan fingerprint density at radius 1 is 1.19 bits per heavy atom. The zero-order chi connectivity index (χ0) is 25.5. The smallest absolute Gasteiger partial charge is 0.236 e. The number of ether oxygens (including phenoxy) is 1. The number of carbonyl (C=O) groups is 1. The van der Waals surface area contributed by atoms with Gasteiger partial charge in [0.15, 0.2) is 16.1 Å². The SMILES string of the molecule is C=CCn1c(COc2ccc(C(C)C)cc2)nnc1SCC(=O)Nc1nc(-c2ccc(Br)cc2)cs1. The van der Waals surface area contributed by atoms with Crippen LogP contribution < -0.4 is 10.1 Å². The second-order valence-corrected chi connectivity index (χ2v) is 10.9. The van der Waals surface area contributed by atoms with Crippen LogP contribution in [-0.2, 0) is 17.9 Å². The molecule has 0 atom stereocenters. The summed E-state index contributed by atoms with van der Waals surface area (Å²) in [6, 6.07) is 15.9. The Morgan fingerprint density at radius 2 is 1.94 bits per heavy atom. The number of thiazole rings is 1. The first kappa shape index (κ1) is 26.1. The summed E-state index contributed by atoms with van der Waals surface area (Å²) >= 11 is 6.14. The molecule has 0 unspecified atom stereocenters. The topological polar surface area (TPSA) is 81.9 Å². The van der Waals surface area contributed by atoms with Gasteiger partial charge in [0.25, 0.3) is 0 Å². The van der Waals surface area contributed by atoms with Crippen molar-refractivity contribution >= 4 is 50.1 Å². The predicted molar refractivity (Wildman–Crippen MR) is 150 cm³/mol. The van der Waals surface area contributed by atoms with E-state index in [4.69, 9.17) is 4.74 Å². The number of amides is 1. The van der Waals surface area contributed by atoms with Gasteiger partial charge < -0.3 is 10.1 Å². The van der Waals surface area contributed by atoms with Crippen molar-refractivity contribution in [1.29, 1.82) is 0 Å². The van der Waals surface area contributed by atoms with Crippen LogP contribution in [0.2, 0.25) is 0 Å². The molecular formula is C26H26BrN5O2S2. The van der Waals surface area contributed by atoms with Gasteiger partial charge in [-0.15, -0.1) is 28.1 Å². The van der Waals surface area contributed by atoms with Crippen LogP contribution in [0.15, 0.2) is 76.2 Å². The lowest BCUT2D eigenvalue weighted by atomic mass is 10.0. The van der Waals surface area contributed by atoms with Crippen molar-refractivity contribution in [3.63, 3.8) is 0 Å². The minimum absolute atomic E-state index is 0.159. The van der Waals surface area contributed by atoms with E-state index in [0.29, 0.717) is 28.6 Å². The summed E-state index contributed by atoms with van der Waals surface area (Å²) in [6.45, 7) is 8.94. The zero-order valence-corrected chi connectivity index (χ0v) is 23.2. The van der Waals surface area contributed by atoms with Crippen LogP contribution in [-0.4, -0.2) is 31.4 Å². The summed E-state index contributed by atoms with van der Waals surface area (Å²) in [5, 5.41) is 14.5. The van der Waals surface area contributed by atoms with E-state index in [9.17, 15) is 4.79 Å². The summed E-state index contributed by atoms with van der Waals surface area (Å²) in [7, 11) is 0. The first-order valence-corrected chi connectivity index (χ1v) is 14.0. The Balaban J connectivity index is 1.33. The molecule has 0 radical (unpaired) electrons. The molecule has 0 saturated heterocycles. The van der Waals surface area contributed by atoms with Gasteiger partial charge in [-0.1, -0.05) is 71.9 Å². The molecule has 0 saturated carbocycles. The molecule has 186 valence electrons. The van der Waals surface area contributed by atoms with E-state index in [1.54, 1.807) is 6.08 Å². The molecule has 0 fully saturated rings. The van der Waals surface area contributed by atoms with Crippen molar-refractivity contribution < 1.29 is 9.53 Å². The van der Waals surface area contributed by atoms with Gasteiger partial charge in [-0.25, -0.2) is 4.98 Å². The molecule has 1 N–H and O–H groups in total. The number of nitrogens with one attached hydrogen (secondary N) is 1. The summed E-state index contributed by atoms with van der Waals surface area (Å²) in [5.74, 6) is 1.93. The molecule has 0 aliphatic heterocycles. The van der Waals surface area contributed by atoms with E-state index >= 15 is 0 Å². The fourth-order valence-electron chi connectivity index (χ4n) is 3.31. The Hall–Kier alpha value is -2.95. The lowest BCUT2D eigenvalue weighted by Crippen LogP contribution is -2.15. The molecule has 4 rings (SSSR count). The van der Waals surface area contributed by atoms with E-state index < -0.39 is 0 Å². The number of hydrogen-bond donors (Lipinski definition) is 1. The van der Waals surface area contributed by atoms with Crippen molar-refractivity contribution in [1.82, 2.24) is 19.7 Å². The third-order valence-corrected chi connectivity index (χ3v) is 7.50. The molecule has 2 heterocycles. The maximum Gasteiger partial charge on any atom is 0.236 e. The van der Waals surface area contributed by atoms with Crippen molar-refractivity contribution in [3.05, 3.63) is 82.4 Å². The van der Waals surface area contributed by atoms with E-state index in [1.807, 2.05) is 46.3 Å². The molecule has 0 spiro atoms. The van der Waals surface area contributed by atoms with Crippen LogP contribution in [0.25, 0.3) is 11.3 Å². The van der Waals surface area contributed by atoms with Gasteiger partial charge in [0, 0.05) is 22.0 Å².